The fourth-order valence-corrected chi connectivity index (χ4v) is 4.03. The van der Waals surface area contributed by atoms with Crippen LogP contribution in [0.25, 0.3) is 0 Å². The predicted octanol–water partition coefficient (Wildman–Crippen LogP) is 5.09. The minimum absolute atomic E-state index is 0.0980. The van der Waals surface area contributed by atoms with Crippen LogP contribution in [0.5, 0.6) is 11.5 Å². The van der Waals surface area contributed by atoms with Crippen LogP contribution in [0.2, 0.25) is 0 Å². The molecule has 0 bridgehead atoms. The Balaban J connectivity index is 1.45. The largest absolute Gasteiger partial charge is 0.454 e. The monoisotopic (exact) mass is 487 g/mol. The minimum atomic E-state index is -0.234. The van der Waals surface area contributed by atoms with Gasteiger partial charge in [-0.2, -0.15) is 0 Å². The lowest BCUT2D eigenvalue weighted by Gasteiger charge is -2.27. The van der Waals surface area contributed by atoms with E-state index >= 15 is 0 Å². The molecule has 0 saturated heterocycles. The number of nitrogens with zero attached hydrogens (tertiary/aromatic N) is 1. The first-order valence-corrected chi connectivity index (χ1v) is 12.1. The van der Waals surface area contributed by atoms with E-state index in [1.807, 2.05) is 53.4 Å². The number of carbonyl (C=O) groups excluding carboxylic acids is 2. The van der Waals surface area contributed by atoms with Gasteiger partial charge in [0.1, 0.15) is 0 Å². The predicted molar refractivity (Wildman–Crippen MR) is 140 cm³/mol. The number of fused-ring (bicyclic) bond motifs is 1. The Morgan fingerprint density at radius 3 is 2.31 bits per heavy atom. The molecule has 0 spiro atoms. The van der Waals surface area contributed by atoms with Crippen molar-refractivity contribution in [2.24, 2.45) is 11.1 Å². The van der Waals surface area contributed by atoms with E-state index in [9.17, 15) is 9.59 Å². The summed E-state index contributed by atoms with van der Waals surface area (Å²) in [6.07, 6.45) is 0.452. The highest BCUT2D eigenvalue weighted by Crippen LogP contribution is 2.32. The minimum Gasteiger partial charge on any atom is -0.454 e. The molecule has 7 heteroatoms. The van der Waals surface area contributed by atoms with Crippen LogP contribution < -0.4 is 20.5 Å². The van der Waals surface area contributed by atoms with Crippen molar-refractivity contribution in [3.63, 3.8) is 0 Å². The summed E-state index contributed by atoms with van der Waals surface area (Å²) in [5.74, 6) is 1.06. The molecule has 36 heavy (non-hydrogen) atoms. The van der Waals surface area contributed by atoms with Crippen LogP contribution in [-0.4, -0.2) is 23.5 Å². The maximum absolute atomic E-state index is 13.2. The van der Waals surface area contributed by atoms with Crippen LogP contribution in [0.3, 0.4) is 0 Å². The van der Waals surface area contributed by atoms with Gasteiger partial charge in [-0.15, -0.1) is 0 Å². The van der Waals surface area contributed by atoms with Crippen LogP contribution in [0.15, 0.2) is 66.7 Å². The SMILES string of the molecule is CC(C)(C)CC(=O)N(Cc1ccc(NC(=O)c2ccc3c(c2)OCO3)cc1)Cc1cccc(CN)c1. The van der Waals surface area contributed by atoms with E-state index in [2.05, 4.69) is 26.1 Å². The Labute approximate surface area is 212 Å². The average Bonchev–Trinajstić information content (AvgIpc) is 3.32. The smallest absolute Gasteiger partial charge is 0.255 e. The van der Waals surface area contributed by atoms with Crippen LogP contribution in [0.1, 0.15) is 54.2 Å². The molecule has 0 radical (unpaired) electrons. The van der Waals surface area contributed by atoms with Crippen molar-refractivity contribution < 1.29 is 19.1 Å². The van der Waals surface area contributed by atoms with E-state index in [-0.39, 0.29) is 24.0 Å². The first kappa shape index (κ1) is 25.3. The standard InChI is InChI=1S/C29H33N3O4/c1-29(2,3)15-27(33)32(18-22-6-4-5-21(13-22)16-30)17-20-7-10-24(11-8-20)31-28(34)23-9-12-25-26(14-23)36-19-35-25/h4-14H,15-19,30H2,1-3H3,(H,31,34). The van der Waals surface area contributed by atoms with Gasteiger partial charge in [0.25, 0.3) is 5.91 Å². The number of rotatable bonds is 8. The van der Waals surface area contributed by atoms with Gasteiger partial charge in [0.2, 0.25) is 12.7 Å². The molecule has 1 aliphatic rings. The Hall–Kier alpha value is -3.84. The molecule has 3 aromatic carbocycles. The second kappa shape index (κ2) is 10.8. The van der Waals surface area contributed by atoms with Crippen molar-refractivity contribution in [1.82, 2.24) is 4.90 Å². The van der Waals surface area contributed by atoms with E-state index in [1.165, 1.54) is 0 Å². The number of hydrogen-bond acceptors (Lipinski definition) is 5. The number of ether oxygens (including phenoxy) is 2. The van der Waals surface area contributed by atoms with Gasteiger partial charge in [0, 0.05) is 37.3 Å². The molecule has 1 heterocycles. The van der Waals surface area contributed by atoms with E-state index < -0.39 is 0 Å². The number of nitrogens with one attached hydrogen (secondary N) is 1. The first-order valence-electron chi connectivity index (χ1n) is 12.1. The van der Waals surface area contributed by atoms with Crippen LogP contribution >= 0.6 is 0 Å². The molecule has 188 valence electrons. The highest BCUT2D eigenvalue weighted by Gasteiger charge is 2.22. The van der Waals surface area contributed by atoms with Crippen molar-refractivity contribution in [3.05, 3.63) is 89.0 Å². The Morgan fingerprint density at radius 2 is 1.58 bits per heavy atom. The van der Waals surface area contributed by atoms with Gasteiger partial charge in [0.15, 0.2) is 11.5 Å². The van der Waals surface area contributed by atoms with E-state index in [1.54, 1.807) is 18.2 Å². The number of hydrogen-bond donors (Lipinski definition) is 2. The number of amides is 2. The van der Waals surface area contributed by atoms with E-state index in [0.29, 0.717) is 48.8 Å². The van der Waals surface area contributed by atoms with Gasteiger partial charge >= 0.3 is 0 Å². The molecule has 3 N–H and O–H groups in total. The van der Waals surface area contributed by atoms with Crippen molar-refractivity contribution in [1.29, 1.82) is 0 Å². The molecular formula is C29H33N3O4. The zero-order valence-corrected chi connectivity index (χ0v) is 21.0. The van der Waals surface area contributed by atoms with E-state index in [4.69, 9.17) is 15.2 Å². The van der Waals surface area contributed by atoms with Crippen LogP contribution in [0.4, 0.5) is 5.69 Å². The molecule has 0 atom stereocenters. The van der Waals surface area contributed by atoms with Gasteiger partial charge in [-0.25, -0.2) is 0 Å². The summed E-state index contributed by atoms with van der Waals surface area (Å²) in [6.45, 7) is 7.80. The van der Waals surface area contributed by atoms with Crippen LogP contribution in [0, 0.1) is 5.41 Å². The summed E-state index contributed by atoms with van der Waals surface area (Å²) in [6, 6.07) is 20.7. The summed E-state index contributed by atoms with van der Waals surface area (Å²) < 4.78 is 10.7. The molecule has 7 nitrogen and oxygen atoms in total. The number of benzene rings is 3. The summed E-state index contributed by atoms with van der Waals surface area (Å²) in [7, 11) is 0. The van der Waals surface area contributed by atoms with Gasteiger partial charge < -0.3 is 25.4 Å². The van der Waals surface area contributed by atoms with Crippen molar-refractivity contribution >= 4 is 17.5 Å². The first-order chi connectivity index (χ1) is 17.2. The lowest BCUT2D eigenvalue weighted by atomic mass is 9.91. The zero-order chi connectivity index (χ0) is 25.7. The topological polar surface area (TPSA) is 93.9 Å². The summed E-state index contributed by atoms with van der Waals surface area (Å²) in [5.41, 5.74) is 9.92. The van der Waals surface area contributed by atoms with Gasteiger partial charge in [0.05, 0.1) is 0 Å². The summed E-state index contributed by atoms with van der Waals surface area (Å²) in [4.78, 5) is 27.8. The Morgan fingerprint density at radius 1 is 0.889 bits per heavy atom. The van der Waals surface area contributed by atoms with Crippen molar-refractivity contribution in [3.8, 4) is 11.5 Å². The molecule has 1 aliphatic heterocycles. The van der Waals surface area contributed by atoms with Gasteiger partial charge in [-0.3, -0.25) is 9.59 Å². The second-order valence-electron chi connectivity index (χ2n) is 10.2. The highest BCUT2D eigenvalue weighted by atomic mass is 16.7. The van der Waals surface area contributed by atoms with Gasteiger partial charge in [-0.05, 0) is 52.4 Å². The van der Waals surface area contributed by atoms with Crippen LogP contribution in [-0.2, 0) is 24.4 Å². The quantitative estimate of drug-likeness (QED) is 0.462. The number of anilines is 1. The zero-order valence-electron chi connectivity index (χ0n) is 21.0. The number of carbonyl (C=O) groups is 2. The Bertz CT molecular complexity index is 1230. The third kappa shape index (κ3) is 6.64. The maximum atomic E-state index is 13.2. The van der Waals surface area contributed by atoms with Gasteiger partial charge in [-0.1, -0.05) is 57.2 Å². The average molecular weight is 488 g/mol. The highest BCUT2D eigenvalue weighted by molar-refractivity contribution is 6.04. The third-order valence-corrected chi connectivity index (χ3v) is 5.85. The fraction of sp³-hybridized carbons (Fsp3) is 0.310. The molecule has 0 saturated carbocycles. The molecule has 0 fully saturated rings. The molecule has 4 rings (SSSR count). The molecule has 3 aromatic rings. The lowest BCUT2D eigenvalue weighted by Crippen LogP contribution is -2.32. The molecule has 2 amide bonds. The Kier molecular flexibility index (Phi) is 7.60. The molecule has 0 aromatic heterocycles. The second-order valence-corrected chi connectivity index (χ2v) is 10.2. The number of nitrogens with two attached hydrogens (primary N) is 1. The summed E-state index contributed by atoms with van der Waals surface area (Å²) in [5, 5.41) is 2.91. The molecule has 0 unspecified atom stereocenters. The molecular weight excluding hydrogens is 454 g/mol. The maximum Gasteiger partial charge on any atom is 0.255 e. The summed E-state index contributed by atoms with van der Waals surface area (Å²) >= 11 is 0. The third-order valence-electron chi connectivity index (χ3n) is 5.85. The fourth-order valence-electron chi connectivity index (χ4n) is 4.03. The lowest BCUT2D eigenvalue weighted by molar-refractivity contribution is -0.134. The van der Waals surface area contributed by atoms with Crippen molar-refractivity contribution in [2.75, 3.05) is 12.1 Å². The normalized spacial score (nSPS) is 12.3. The van der Waals surface area contributed by atoms with E-state index in [0.717, 1.165) is 16.7 Å². The van der Waals surface area contributed by atoms with Crippen molar-refractivity contribution in [2.45, 2.75) is 46.8 Å². The molecule has 0 aliphatic carbocycles.